The summed E-state index contributed by atoms with van der Waals surface area (Å²) in [7, 11) is 0. The zero-order chi connectivity index (χ0) is 10.4. The van der Waals surface area contributed by atoms with Crippen molar-refractivity contribution in [1.82, 2.24) is 0 Å². The van der Waals surface area contributed by atoms with E-state index < -0.39 is 5.41 Å². The van der Waals surface area contributed by atoms with E-state index in [-0.39, 0.29) is 13.2 Å². The summed E-state index contributed by atoms with van der Waals surface area (Å²) in [6.45, 7) is 1.91. The highest BCUT2D eigenvalue weighted by Crippen LogP contribution is 2.17. The number of aliphatic hydroxyl groups excluding tert-OH is 2. The second-order valence-corrected chi connectivity index (χ2v) is 3.73. The van der Waals surface area contributed by atoms with E-state index in [0.717, 1.165) is 5.75 Å². The van der Waals surface area contributed by atoms with E-state index in [9.17, 15) is 0 Å². The lowest BCUT2D eigenvalue weighted by Crippen LogP contribution is -2.32. The number of rotatable bonds is 5. The van der Waals surface area contributed by atoms with E-state index in [0.29, 0.717) is 6.61 Å². The summed E-state index contributed by atoms with van der Waals surface area (Å²) in [4.78, 5) is 0. The largest absolute Gasteiger partial charge is 0.493 e. The number of ether oxygens (including phenoxy) is 1. The third kappa shape index (κ3) is 3.01. The zero-order valence-electron chi connectivity index (χ0n) is 8.31. The van der Waals surface area contributed by atoms with Gasteiger partial charge in [0.15, 0.2) is 0 Å². The minimum Gasteiger partial charge on any atom is -0.493 e. The molecule has 0 fully saturated rings. The molecule has 0 unspecified atom stereocenters. The first-order valence-corrected chi connectivity index (χ1v) is 4.60. The molecule has 1 aromatic rings. The Kier molecular flexibility index (Phi) is 3.92. The van der Waals surface area contributed by atoms with Crippen LogP contribution in [0.5, 0.6) is 5.75 Å². The molecule has 0 aliphatic rings. The second-order valence-electron chi connectivity index (χ2n) is 3.73. The van der Waals surface area contributed by atoms with Gasteiger partial charge >= 0.3 is 0 Å². The van der Waals surface area contributed by atoms with Crippen molar-refractivity contribution in [3.63, 3.8) is 0 Å². The molecule has 0 saturated heterocycles. The van der Waals surface area contributed by atoms with Gasteiger partial charge in [-0.2, -0.15) is 0 Å². The molecular weight excluding hydrogens is 180 g/mol. The molecule has 0 radical (unpaired) electrons. The molecule has 3 heteroatoms. The van der Waals surface area contributed by atoms with Gasteiger partial charge < -0.3 is 14.9 Å². The Labute approximate surface area is 84.0 Å². The highest BCUT2D eigenvalue weighted by atomic mass is 16.5. The molecule has 3 nitrogen and oxygen atoms in total. The fraction of sp³-hybridized carbons (Fsp3) is 0.455. The first kappa shape index (κ1) is 11.0. The van der Waals surface area contributed by atoms with Crippen molar-refractivity contribution in [1.29, 1.82) is 0 Å². The molecule has 0 atom stereocenters. The zero-order valence-corrected chi connectivity index (χ0v) is 8.31. The van der Waals surface area contributed by atoms with Crippen molar-refractivity contribution >= 4 is 0 Å². The molecule has 0 heterocycles. The average molecular weight is 196 g/mol. The molecule has 0 bridgehead atoms. The van der Waals surface area contributed by atoms with Crippen LogP contribution in [-0.4, -0.2) is 30.0 Å². The monoisotopic (exact) mass is 196 g/mol. The quantitative estimate of drug-likeness (QED) is 0.740. The van der Waals surface area contributed by atoms with Crippen LogP contribution in [-0.2, 0) is 0 Å². The predicted octanol–water partition coefficient (Wildman–Crippen LogP) is 1.06. The number of aliphatic hydroxyl groups is 2. The maximum absolute atomic E-state index is 9.02. The van der Waals surface area contributed by atoms with E-state index in [2.05, 4.69) is 0 Å². The summed E-state index contributed by atoms with van der Waals surface area (Å²) in [6, 6.07) is 9.35. The van der Waals surface area contributed by atoms with Gasteiger partial charge in [0.2, 0.25) is 0 Å². The third-order valence-corrected chi connectivity index (χ3v) is 2.09. The van der Waals surface area contributed by atoms with Crippen molar-refractivity contribution in [3.8, 4) is 5.75 Å². The minimum atomic E-state index is -0.574. The SMILES string of the molecule is CC(CO)(CO)COc1ccccc1. The summed E-state index contributed by atoms with van der Waals surface area (Å²) < 4.78 is 5.43. The lowest BCUT2D eigenvalue weighted by molar-refractivity contribution is 0.0287. The van der Waals surface area contributed by atoms with Crippen LogP contribution in [0.3, 0.4) is 0 Å². The maximum atomic E-state index is 9.02. The van der Waals surface area contributed by atoms with Gasteiger partial charge in [-0.1, -0.05) is 25.1 Å². The van der Waals surface area contributed by atoms with Gasteiger partial charge in [-0.25, -0.2) is 0 Å². The molecule has 78 valence electrons. The van der Waals surface area contributed by atoms with Crippen LogP contribution >= 0.6 is 0 Å². The van der Waals surface area contributed by atoms with Crippen LogP contribution in [0.15, 0.2) is 30.3 Å². The van der Waals surface area contributed by atoms with Crippen molar-refractivity contribution < 1.29 is 14.9 Å². The first-order chi connectivity index (χ1) is 6.70. The smallest absolute Gasteiger partial charge is 0.119 e. The molecular formula is C11H16O3. The Morgan fingerprint density at radius 3 is 2.21 bits per heavy atom. The number of para-hydroxylation sites is 1. The average Bonchev–Trinajstić information content (AvgIpc) is 2.27. The Hall–Kier alpha value is -1.06. The maximum Gasteiger partial charge on any atom is 0.119 e. The van der Waals surface area contributed by atoms with Crippen LogP contribution in [0.2, 0.25) is 0 Å². The molecule has 0 saturated carbocycles. The van der Waals surface area contributed by atoms with Gasteiger partial charge in [-0.15, -0.1) is 0 Å². The highest BCUT2D eigenvalue weighted by molar-refractivity contribution is 5.20. The number of hydrogen-bond donors (Lipinski definition) is 2. The molecule has 0 aliphatic carbocycles. The first-order valence-electron chi connectivity index (χ1n) is 4.60. The van der Waals surface area contributed by atoms with Gasteiger partial charge in [0, 0.05) is 5.41 Å². The van der Waals surface area contributed by atoms with E-state index in [1.54, 1.807) is 6.92 Å². The number of benzene rings is 1. The summed E-state index contributed by atoms with van der Waals surface area (Å²) in [5.74, 6) is 0.751. The Morgan fingerprint density at radius 2 is 1.71 bits per heavy atom. The minimum absolute atomic E-state index is 0.0870. The lowest BCUT2D eigenvalue weighted by Gasteiger charge is -2.24. The van der Waals surface area contributed by atoms with Crippen molar-refractivity contribution in [3.05, 3.63) is 30.3 Å². The topological polar surface area (TPSA) is 49.7 Å². The highest BCUT2D eigenvalue weighted by Gasteiger charge is 2.23. The fourth-order valence-corrected chi connectivity index (χ4v) is 0.916. The molecule has 0 spiro atoms. The van der Waals surface area contributed by atoms with Crippen LogP contribution in [0, 0.1) is 5.41 Å². The molecule has 2 N–H and O–H groups in total. The Morgan fingerprint density at radius 1 is 1.14 bits per heavy atom. The fourth-order valence-electron chi connectivity index (χ4n) is 0.916. The Bertz CT molecular complexity index is 254. The number of hydrogen-bond acceptors (Lipinski definition) is 3. The third-order valence-electron chi connectivity index (χ3n) is 2.09. The van der Waals surface area contributed by atoms with Gasteiger partial charge in [0.25, 0.3) is 0 Å². The van der Waals surface area contributed by atoms with E-state index in [1.807, 2.05) is 30.3 Å². The molecule has 1 aromatic carbocycles. The van der Waals surface area contributed by atoms with Gasteiger partial charge in [0.05, 0.1) is 19.8 Å². The predicted molar refractivity (Wildman–Crippen MR) is 54.2 cm³/mol. The lowest BCUT2D eigenvalue weighted by atomic mass is 9.94. The van der Waals surface area contributed by atoms with E-state index in [4.69, 9.17) is 14.9 Å². The molecule has 1 rings (SSSR count). The van der Waals surface area contributed by atoms with Crippen molar-refractivity contribution in [2.75, 3.05) is 19.8 Å². The van der Waals surface area contributed by atoms with Crippen LogP contribution < -0.4 is 4.74 Å². The summed E-state index contributed by atoms with van der Waals surface area (Å²) >= 11 is 0. The molecule has 14 heavy (non-hydrogen) atoms. The second kappa shape index (κ2) is 4.98. The molecule has 0 amide bonds. The summed E-state index contributed by atoms with van der Waals surface area (Å²) in [6.07, 6.45) is 0. The van der Waals surface area contributed by atoms with Crippen LogP contribution in [0.1, 0.15) is 6.92 Å². The van der Waals surface area contributed by atoms with E-state index in [1.165, 1.54) is 0 Å². The van der Waals surface area contributed by atoms with Crippen LogP contribution in [0.4, 0.5) is 0 Å². The van der Waals surface area contributed by atoms with Gasteiger partial charge in [-0.05, 0) is 12.1 Å². The standard InChI is InChI=1S/C11H16O3/c1-11(7-12,8-13)9-14-10-5-3-2-4-6-10/h2-6,12-13H,7-9H2,1H3. The van der Waals surface area contributed by atoms with Crippen molar-refractivity contribution in [2.24, 2.45) is 5.41 Å². The summed E-state index contributed by atoms with van der Waals surface area (Å²) in [5.41, 5.74) is -0.574. The summed E-state index contributed by atoms with van der Waals surface area (Å²) in [5, 5.41) is 18.0. The molecule has 0 aromatic heterocycles. The van der Waals surface area contributed by atoms with Gasteiger partial charge in [-0.3, -0.25) is 0 Å². The van der Waals surface area contributed by atoms with E-state index >= 15 is 0 Å². The molecule has 0 aliphatic heterocycles. The normalized spacial score (nSPS) is 11.4. The van der Waals surface area contributed by atoms with Crippen LogP contribution in [0.25, 0.3) is 0 Å². The van der Waals surface area contributed by atoms with Crippen molar-refractivity contribution in [2.45, 2.75) is 6.92 Å². The van der Waals surface area contributed by atoms with Gasteiger partial charge in [0.1, 0.15) is 5.75 Å². The Balaban J connectivity index is 2.48.